The summed E-state index contributed by atoms with van der Waals surface area (Å²) in [6.07, 6.45) is 1.24. The summed E-state index contributed by atoms with van der Waals surface area (Å²) in [6, 6.07) is 6.34. The van der Waals surface area contributed by atoms with E-state index in [0.717, 1.165) is 30.6 Å². The van der Waals surface area contributed by atoms with Gasteiger partial charge >= 0.3 is 0 Å². The highest BCUT2D eigenvalue weighted by molar-refractivity contribution is 6.33. The van der Waals surface area contributed by atoms with Crippen LogP contribution in [-0.4, -0.2) is 25.2 Å². The molecule has 1 saturated heterocycles. The van der Waals surface area contributed by atoms with E-state index in [1.54, 1.807) is 0 Å². The first-order chi connectivity index (χ1) is 8.85. The van der Waals surface area contributed by atoms with Crippen LogP contribution in [0.3, 0.4) is 0 Å². The Labute approximate surface area is 122 Å². The lowest BCUT2D eigenvalue weighted by Gasteiger charge is -2.24. The number of halogens is 1. The summed E-state index contributed by atoms with van der Waals surface area (Å²) >= 11 is 6.35. The lowest BCUT2D eigenvalue weighted by atomic mass is 10.1. The SMILES string of the molecule is Cc1ccc(N2CCC(CNC(C)(C)C)C2)c(Cl)c1. The van der Waals surface area contributed by atoms with Gasteiger partial charge in [-0.25, -0.2) is 0 Å². The van der Waals surface area contributed by atoms with Gasteiger partial charge in [-0.3, -0.25) is 0 Å². The molecular weight excluding hydrogens is 256 g/mol. The highest BCUT2D eigenvalue weighted by Gasteiger charge is 2.25. The third-order valence-electron chi connectivity index (χ3n) is 3.65. The molecule has 0 spiro atoms. The van der Waals surface area contributed by atoms with E-state index in [1.807, 2.05) is 0 Å². The largest absolute Gasteiger partial charge is 0.370 e. The molecule has 1 aromatic rings. The minimum atomic E-state index is 0.203. The quantitative estimate of drug-likeness (QED) is 0.904. The molecule has 0 aliphatic carbocycles. The number of aryl methyl sites for hydroxylation is 1. The molecule has 0 bridgehead atoms. The zero-order valence-electron chi connectivity index (χ0n) is 12.5. The lowest BCUT2D eigenvalue weighted by molar-refractivity contribution is 0.383. The molecule has 1 heterocycles. The monoisotopic (exact) mass is 280 g/mol. The first-order valence-corrected chi connectivity index (χ1v) is 7.49. The molecule has 2 rings (SSSR count). The standard InChI is InChI=1S/C16H25ClN2/c1-12-5-6-15(14(17)9-12)19-8-7-13(11-19)10-18-16(2,3)4/h5-6,9,13,18H,7-8,10-11H2,1-4H3. The molecule has 1 fully saturated rings. The normalized spacial score (nSPS) is 20.1. The van der Waals surface area contributed by atoms with Crippen LogP contribution in [0.25, 0.3) is 0 Å². The Bertz CT molecular complexity index is 437. The predicted molar refractivity (Wildman–Crippen MR) is 84.3 cm³/mol. The van der Waals surface area contributed by atoms with Crippen LogP contribution in [0.2, 0.25) is 5.02 Å². The van der Waals surface area contributed by atoms with Crippen molar-refractivity contribution in [2.45, 2.75) is 39.7 Å². The van der Waals surface area contributed by atoms with Gasteiger partial charge in [0.15, 0.2) is 0 Å². The van der Waals surface area contributed by atoms with Crippen molar-refractivity contribution in [1.29, 1.82) is 0 Å². The Morgan fingerprint density at radius 2 is 2.11 bits per heavy atom. The van der Waals surface area contributed by atoms with Gasteiger partial charge in [-0.05, 0) is 57.7 Å². The number of rotatable bonds is 3. The fraction of sp³-hybridized carbons (Fsp3) is 0.625. The van der Waals surface area contributed by atoms with Crippen LogP contribution >= 0.6 is 11.6 Å². The summed E-state index contributed by atoms with van der Waals surface area (Å²) in [7, 11) is 0. The van der Waals surface area contributed by atoms with Gasteiger partial charge in [-0.2, -0.15) is 0 Å². The zero-order valence-corrected chi connectivity index (χ0v) is 13.2. The van der Waals surface area contributed by atoms with Crippen LogP contribution in [0.5, 0.6) is 0 Å². The molecule has 1 aromatic carbocycles. The summed E-state index contributed by atoms with van der Waals surface area (Å²) in [6.45, 7) is 12.0. The van der Waals surface area contributed by atoms with Crippen LogP contribution in [0.4, 0.5) is 5.69 Å². The van der Waals surface area contributed by atoms with Crippen molar-refractivity contribution in [3.8, 4) is 0 Å². The molecular formula is C16H25ClN2. The van der Waals surface area contributed by atoms with E-state index in [2.05, 4.69) is 56.1 Å². The van der Waals surface area contributed by atoms with E-state index in [9.17, 15) is 0 Å². The highest BCUT2D eigenvalue weighted by Crippen LogP contribution is 2.31. The topological polar surface area (TPSA) is 15.3 Å². The molecule has 0 aromatic heterocycles. The minimum absolute atomic E-state index is 0.203. The lowest BCUT2D eigenvalue weighted by Crippen LogP contribution is -2.39. The van der Waals surface area contributed by atoms with Gasteiger partial charge < -0.3 is 10.2 Å². The van der Waals surface area contributed by atoms with Crippen LogP contribution in [0.15, 0.2) is 18.2 Å². The zero-order chi connectivity index (χ0) is 14.0. The Balaban J connectivity index is 1.94. The smallest absolute Gasteiger partial charge is 0.0642 e. The average molecular weight is 281 g/mol. The van der Waals surface area contributed by atoms with E-state index < -0.39 is 0 Å². The van der Waals surface area contributed by atoms with E-state index >= 15 is 0 Å². The summed E-state index contributed by atoms with van der Waals surface area (Å²) < 4.78 is 0. The molecule has 0 saturated carbocycles. The van der Waals surface area contributed by atoms with E-state index in [4.69, 9.17) is 11.6 Å². The molecule has 0 amide bonds. The summed E-state index contributed by atoms with van der Waals surface area (Å²) in [5, 5.41) is 4.48. The third-order valence-corrected chi connectivity index (χ3v) is 3.95. The molecule has 3 heteroatoms. The predicted octanol–water partition coefficient (Wildman–Crippen LogP) is 3.86. The van der Waals surface area contributed by atoms with Crippen molar-refractivity contribution in [3.63, 3.8) is 0 Å². The van der Waals surface area contributed by atoms with E-state index in [1.165, 1.54) is 17.7 Å². The van der Waals surface area contributed by atoms with Crippen LogP contribution in [-0.2, 0) is 0 Å². The summed E-state index contributed by atoms with van der Waals surface area (Å²) in [5.41, 5.74) is 2.61. The first kappa shape index (κ1) is 14.7. The van der Waals surface area contributed by atoms with Gasteiger partial charge in [0.1, 0.15) is 0 Å². The number of nitrogens with zero attached hydrogens (tertiary/aromatic N) is 1. The van der Waals surface area contributed by atoms with Gasteiger partial charge in [0.05, 0.1) is 10.7 Å². The summed E-state index contributed by atoms with van der Waals surface area (Å²) in [4.78, 5) is 2.41. The maximum atomic E-state index is 6.35. The Hall–Kier alpha value is -0.730. The maximum absolute atomic E-state index is 6.35. The fourth-order valence-corrected chi connectivity index (χ4v) is 2.89. The number of anilines is 1. The number of nitrogens with one attached hydrogen (secondary N) is 1. The molecule has 1 aliphatic rings. The van der Waals surface area contributed by atoms with E-state index in [0.29, 0.717) is 0 Å². The Morgan fingerprint density at radius 3 is 2.74 bits per heavy atom. The van der Waals surface area contributed by atoms with Crippen molar-refractivity contribution in [3.05, 3.63) is 28.8 Å². The maximum Gasteiger partial charge on any atom is 0.0642 e. The molecule has 106 valence electrons. The average Bonchev–Trinajstić information content (AvgIpc) is 2.74. The number of hydrogen-bond donors (Lipinski definition) is 1. The molecule has 19 heavy (non-hydrogen) atoms. The molecule has 1 N–H and O–H groups in total. The van der Waals surface area contributed by atoms with Crippen molar-refractivity contribution < 1.29 is 0 Å². The number of hydrogen-bond acceptors (Lipinski definition) is 2. The second-order valence-electron chi connectivity index (χ2n) is 6.69. The van der Waals surface area contributed by atoms with Crippen LogP contribution < -0.4 is 10.2 Å². The first-order valence-electron chi connectivity index (χ1n) is 7.11. The Morgan fingerprint density at radius 1 is 1.37 bits per heavy atom. The van der Waals surface area contributed by atoms with Gasteiger partial charge in [0.2, 0.25) is 0 Å². The summed E-state index contributed by atoms with van der Waals surface area (Å²) in [5.74, 6) is 0.719. The molecule has 0 radical (unpaired) electrons. The third kappa shape index (κ3) is 4.12. The van der Waals surface area contributed by atoms with Gasteiger partial charge in [0, 0.05) is 25.2 Å². The fourth-order valence-electron chi connectivity index (χ4n) is 2.54. The highest BCUT2D eigenvalue weighted by atomic mass is 35.5. The minimum Gasteiger partial charge on any atom is -0.370 e. The van der Waals surface area contributed by atoms with Crippen molar-refractivity contribution in [1.82, 2.24) is 5.32 Å². The molecule has 2 nitrogen and oxygen atoms in total. The van der Waals surface area contributed by atoms with Gasteiger partial charge in [-0.1, -0.05) is 17.7 Å². The van der Waals surface area contributed by atoms with Crippen molar-refractivity contribution in [2.24, 2.45) is 5.92 Å². The van der Waals surface area contributed by atoms with Crippen LogP contribution in [0.1, 0.15) is 32.8 Å². The van der Waals surface area contributed by atoms with Crippen LogP contribution in [0, 0.1) is 12.8 Å². The Kier molecular flexibility index (Phi) is 4.42. The molecule has 1 aliphatic heterocycles. The second kappa shape index (κ2) is 5.72. The number of benzene rings is 1. The van der Waals surface area contributed by atoms with Crippen molar-refractivity contribution >= 4 is 17.3 Å². The van der Waals surface area contributed by atoms with Crippen molar-refractivity contribution in [2.75, 3.05) is 24.5 Å². The molecule has 1 unspecified atom stereocenters. The molecule has 1 atom stereocenters. The second-order valence-corrected chi connectivity index (χ2v) is 7.09. The van der Waals surface area contributed by atoms with E-state index in [-0.39, 0.29) is 5.54 Å². The van der Waals surface area contributed by atoms with Gasteiger partial charge in [0.25, 0.3) is 0 Å². The van der Waals surface area contributed by atoms with Gasteiger partial charge in [-0.15, -0.1) is 0 Å².